The van der Waals surface area contributed by atoms with Crippen LogP contribution in [-0.2, 0) is 4.74 Å². The molecule has 0 aromatic heterocycles. The summed E-state index contributed by atoms with van der Waals surface area (Å²) in [6.07, 6.45) is 18.0. The number of hydrogen-bond donors (Lipinski definition) is 0. The average molecular weight is 427 g/mol. The van der Waals surface area contributed by atoms with Crippen molar-refractivity contribution in [2.45, 2.75) is 111 Å². The van der Waals surface area contributed by atoms with Crippen LogP contribution in [0.4, 0.5) is 0 Å². The van der Waals surface area contributed by atoms with Gasteiger partial charge in [-0.2, -0.15) is 0 Å². The predicted molar refractivity (Wildman–Crippen MR) is 131 cm³/mol. The van der Waals surface area contributed by atoms with Gasteiger partial charge in [0.2, 0.25) is 0 Å². The third-order valence-corrected chi connectivity index (χ3v) is 12.7. The topological polar surface area (TPSA) is 9.23 Å². The summed E-state index contributed by atoms with van der Waals surface area (Å²) >= 11 is 0. The third-order valence-electron chi connectivity index (χ3n) is 12.7. The molecule has 0 amide bonds. The maximum absolute atomic E-state index is 6.35. The van der Waals surface area contributed by atoms with Crippen LogP contribution < -0.4 is 0 Å². The Balaban J connectivity index is 1.39. The zero-order chi connectivity index (χ0) is 22.2. The van der Waals surface area contributed by atoms with E-state index in [1.54, 1.807) is 0 Å². The molecule has 1 heteroatoms. The van der Waals surface area contributed by atoms with Crippen LogP contribution in [0.3, 0.4) is 0 Å². The number of ether oxygens (including phenoxy) is 1. The summed E-state index contributed by atoms with van der Waals surface area (Å²) in [7, 11) is 1.97. The van der Waals surface area contributed by atoms with E-state index in [1.165, 1.54) is 70.6 Å². The minimum Gasteiger partial charge on any atom is -0.374 e. The highest BCUT2D eigenvalue weighted by Gasteiger charge is 2.80. The van der Waals surface area contributed by atoms with Crippen LogP contribution in [-0.4, -0.2) is 12.7 Å². The summed E-state index contributed by atoms with van der Waals surface area (Å²) in [5, 5.41) is 0. The fourth-order valence-electron chi connectivity index (χ4n) is 11.4. The minimum absolute atomic E-state index is 0.0429. The molecule has 0 aliphatic heterocycles. The van der Waals surface area contributed by atoms with Crippen molar-refractivity contribution in [1.82, 2.24) is 0 Å². The van der Waals surface area contributed by atoms with Crippen LogP contribution in [0.2, 0.25) is 0 Å². The summed E-state index contributed by atoms with van der Waals surface area (Å²) in [6.45, 7) is 17.1. The van der Waals surface area contributed by atoms with Crippen molar-refractivity contribution in [3.63, 3.8) is 0 Å². The van der Waals surface area contributed by atoms with Crippen LogP contribution in [0, 0.1) is 57.7 Å². The van der Waals surface area contributed by atoms with Crippen molar-refractivity contribution >= 4 is 0 Å². The number of hydrogen-bond acceptors (Lipinski definition) is 1. The van der Waals surface area contributed by atoms with Gasteiger partial charge in [0.15, 0.2) is 0 Å². The Kier molecular flexibility index (Phi) is 5.33. The molecule has 0 unspecified atom stereocenters. The number of rotatable bonds is 7. The molecular weight excluding hydrogens is 376 g/mol. The lowest BCUT2D eigenvalue weighted by Crippen LogP contribution is -2.65. The molecular formula is C30H50O. The van der Waals surface area contributed by atoms with Crippen molar-refractivity contribution in [1.29, 1.82) is 0 Å². The van der Waals surface area contributed by atoms with Crippen molar-refractivity contribution in [2.75, 3.05) is 7.11 Å². The number of methoxy groups -OCH3 is 1. The largest absolute Gasteiger partial charge is 0.374 e. The van der Waals surface area contributed by atoms with Gasteiger partial charge in [0.05, 0.1) is 5.60 Å². The van der Waals surface area contributed by atoms with Crippen LogP contribution in [0.1, 0.15) is 105 Å². The van der Waals surface area contributed by atoms with E-state index in [0.29, 0.717) is 16.2 Å². The normalized spacial score (nSPS) is 53.5. The Hall–Kier alpha value is -0.300. The molecule has 0 aromatic rings. The molecule has 0 aromatic carbocycles. The summed E-state index contributed by atoms with van der Waals surface area (Å²) in [4.78, 5) is 0. The Morgan fingerprint density at radius 2 is 1.74 bits per heavy atom. The van der Waals surface area contributed by atoms with E-state index in [9.17, 15) is 0 Å². The molecule has 31 heavy (non-hydrogen) atoms. The van der Waals surface area contributed by atoms with Gasteiger partial charge >= 0.3 is 0 Å². The van der Waals surface area contributed by atoms with Crippen LogP contribution >= 0.6 is 0 Å². The molecule has 5 rings (SSSR count). The van der Waals surface area contributed by atoms with Gasteiger partial charge in [0, 0.05) is 12.5 Å². The van der Waals surface area contributed by atoms with E-state index >= 15 is 0 Å². The second-order valence-electron chi connectivity index (χ2n) is 13.7. The summed E-state index contributed by atoms with van der Waals surface area (Å²) < 4.78 is 6.35. The highest BCUT2D eigenvalue weighted by atomic mass is 16.5. The lowest BCUT2D eigenvalue weighted by atomic mass is 9.44. The Bertz CT molecular complexity index is 711. The van der Waals surface area contributed by atoms with E-state index in [4.69, 9.17) is 4.74 Å². The fourth-order valence-corrected chi connectivity index (χ4v) is 11.4. The van der Waals surface area contributed by atoms with Crippen LogP contribution in [0.5, 0.6) is 0 Å². The number of fused-ring (bicyclic) bond motifs is 4. The van der Waals surface area contributed by atoms with E-state index < -0.39 is 0 Å². The van der Waals surface area contributed by atoms with Gasteiger partial charge in [-0.25, -0.2) is 0 Å². The first kappa shape index (κ1) is 22.5. The highest BCUT2D eigenvalue weighted by molar-refractivity contribution is 5.33. The summed E-state index contributed by atoms with van der Waals surface area (Å²) in [6, 6.07) is 0. The van der Waals surface area contributed by atoms with Crippen molar-refractivity contribution in [2.24, 2.45) is 57.7 Å². The molecule has 10 atom stereocenters. The molecule has 0 radical (unpaired) electrons. The SMILES string of the molecule is C=C[C@]1(OC)C[C@H]2CC[C@]3(C)[C@H]4CC[C@]5(C)[C@@H]([C@H](C)CCCC(C)C)CC[C@H]5[C@@H]4C[C@@]213. The van der Waals surface area contributed by atoms with E-state index in [2.05, 4.69) is 47.3 Å². The van der Waals surface area contributed by atoms with E-state index in [0.717, 1.165) is 41.4 Å². The Morgan fingerprint density at radius 1 is 0.968 bits per heavy atom. The first-order valence-electron chi connectivity index (χ1n) is 13.9. The van der Waals surface area contributed by atoms with Gasteiger partial charge in [0.1, 0.15) is 0 Å². The van der Waals surface area contributed by atoms with Gasteiger partial charge in [0.25, 0.3) is 0 Å². The van der Waals surface area contributed by atoms with Gasteiger partial charge in [-0.15, -0.1) is 6.58 Å². The van der Waals surface area contributed by atoms with E-state index in [1.807, 2.05) is 7.11 Å². The minimum atomic E-state index is -0.0429. The van der Waals surface area contributed by atoms with Gasteiger partial charge < -0.3 is 4.74 Å². The molecule has 5 saturated carbocycles. The Labute approximate surface area is 193 Å². The average Bonchev–Trinajstić information content (AvgIpc) is 3.28. The molecule has 5 fully saturated rings. The predicted octanol–water partition coefficient (Wildman–Crippen LogP) is 8.29. The zero-order valence-electron chi connectivity index (χ0n) is 21.5. The molecule has 5 aliphatic carbocycles. The lowest BCUT2D eigenvalue weighted by Gasteiger charge is -2.64. The molecule has 176 valence electrons. The van der Waals surface area contributed by atoms with Crippen LogP contribution in [0.25, 0.3) is 0 Å². The van der Waals surface area contributed by atoms with Gasteiger partial charge in [-0.05, 0) is 104 Å². The lowest BCUT2D eigenvalue weighted by molar-refractivity contribution is -0.221. The first-order valence-corrected chi connectivity index (χ1v) is 13.9. The van der Waals surface area contributed by atoms with Crippen LogP contribution in [0.15, 0.2) is 12.7 Å². The summed E-state index contributed by atoms with van der Waals surface area (Å²) in [5.74, 6) is 6.44. The molecule has 1 nitrogen and oxygen atoms in total. The smallest absolute Gasteiger partial charge is 0.0922 e. The van der Waals surface area contributed by atoms with Gasteiger partial charge in [-0.1, -0.05) is 60.0 Å². The molecule has 0 saturated heterocycles. The zero-order valence-corrected chi connectivity index (χ0v) is 21.5. The highest BCUT2D eigenvalue weighted by Crippen LogP contribution is 2.84. The monoisotopic (exact) mass is 426 g/mol. The maximum Gasteiger partial charge on any atom is 0.0922 e. The standard InChI is InChI=1S/C30H50O/c1-8-29(31-7)18-22-14-17-28(6)26-15-16-27(5)24(21(4)11-9-10-20(2)3)12-13-25(27)23(26)19-30(22,28)29/h8,20-26H,1,9-19H2,2-7H3/t21-,22-,23+,24-,25+,26+,27-,28-,29+,30+/m1/s1. The summed E-state index contributed by atoms with van der Waals surface area (Å²) in [5.41, 5.74) is 1.41. The second-order valence-corrected chi connectivity index (χ2v) is 13.7. The molecule has 1 spiro atoms. The third kappa shape index (κ3) is 2.65. The quantitative estimate of drug-likeness (QED) is 0.372. The maximum atomic E-state index is 6.35. The van der Waals surface area contributed by atoms with Crippen molar-refractivity contribution in [3.8, 4) is 0 Å². The molecule has 0 N–H and O–H groups in total. The first-order chi connectivity index (χ1) is 14.7. The molecule has 0 bridgehead atoms. The van der Waals surface area contributed by atoms with Crippen molar-refractivity contribution < 1.29 is 4.74 Å². The van der Waals surface area contributed by atoms with E-state index in [-0.39, 0.29) is 5.60 Å². The molecule has 5 aliphatic rings. The van der Waals surface area contributed by atoms with Crippen molar-refractivity contribution in [3.05, 3.63) is 12.7 Å². The fraction of sp³-hybridized carbons (Fsp3) is 0.933. The molecule has 0 heterocycles. The van der Waals surface area contributed by atoms with Gasteiger partial charge in [-0.3, -0.25) is 0 Å². The Morgan fingerprint density at radius 3 is 2.42 bits per heavy atom. The second kappa shape index (κ2) is 7.35.